The van der Waals surface area contributed by atoms with Gasteiger partial charge in [-0.3, -0.25) is 4.79 Å². The molecule has 0 aliphatic carbocycles. The van der Waals surface area contributed by atoms with Crippen molar-refractivity contribution in [1.82, 2.24) is 4.31 Å². The molecule has 1 unspecified atom stereocenters. The number of anilines is 2. The number of ether oxygens (including phenoxy) is 1. The van der Waals surface area contributed by atoms with E-state index in [0.717, 1.165) is 41.0 Å². The SMILES string of the molecule is CC(OC(=O)c1cc(S(=O)(=O)N(C)C)ccc1N1CCCC1)C(=O)Nc1cccc2ccccc12. The van der Waals surface area contributed by atoms with Gasteiger partial charge in [-0.2, -0.15) is 0 Å². The number of sulfonamides is 1. The van der Waals surface area contributed by atoms with Gasteiger partial charge < -0.3 is 15.0 Å². The zero-order chi connectivity index (χ0) is 25.2. The molecule has 1 N–H and O–H groups in total. The lowest BCUT2D eigenvalue weighted by Crippen LogP contribution is -2.31. The second-order valence-corrected chi connectivity index (χ2v) is 10.9. The third-order valence-electron chi connectivity index (χ3n) is 6.11. The van der Waals surface area contributed by atoms with Gasteiger partial charge in [0.1, 0.15) is 0 Å². The van der Waals surface area contributed by atoms with E-state index in [1.807, 2.05) is 41.3 Å². The van der Waals surface area contributed by atoms with Crippen LogP contribution in [0.1, 0.15) is 30.1 Å². The third kappa shape index (κ3) is 5.16. The van der Waals surface area contributed by atoms with Crippen LogP contribution < -0.4 is 10.2 Å². The zero-order valence-corrected chi connectivity index (χ0v) is 20.8. The van der Waals surface area contributed by atoms with E-state index in [4.69, 9.17) is 4.74 Å². The minimum absolute atomic E-state index is 0.00902. The van der Waals surface area contributed by atoms with E-state index < -0.39 is 28.0 Å². The first-order valence-corrected chi connectivity index (χ1v) is 12.9. The van der Waals surface area contributed by atoms with E-state index in [1.54, 1.807) is 12.1 Å². The number of amides is 1. The Bertz CT molecular complexity index is 1360. The zero-order valence-electron chi connectivity index (χ0n) is 20.0. The molecule has 1 amide bonds. The van der Waals surface area contributed by atoms with Crippen molar-refractivity contribution < 1.29 is 22.7 Å². The highest BCUT2D eigenvalue weighted by Crippen LogP contribution is 2.29. The van der Waals surface area contributed by atoms with Crippen molar-refractivity contribution in [3.05, 3.63) is 66.2 Å². The molecule has 1 aliphatic rings. The molecule has 3 aromatic carbocycles. The average Bonchev–Trinajstić information content (AvgIpc) is 3.38. The smallest absolute Gasteiger partial charge is 0.341 e. The molecular weight excluding hydrogens is 466 g/mol. The van der Waals surface area contributed by atoms with Crippen molar-refractivity contribution in [3.8, 4) is 0 Å². The average molecular weight is 496 g/mol. The highest BCUT2D eigenvalue weighted by molar-refractivity contribution is 7.89. The summed E-state index contributed by atoms with van der Waals surface area (Å²) < 4.78 is 32.0. The molecule has 0 saturated carbocycles. The molecule has 0 aromatic heterocycles. The maximum Gasteiger partial charge on any atom is 0.341 e. The number of fused-ring (bicyclic) bond motifs is 1. The number of nitrogens with zero attached hydrogens (tertiary/aromatic N) is 2. The van der Waals surface area contributed by atoms with E-state index in [9.17, 15) is 18.0 Å². The molecule has 1 saturated heterocycles. The Labute approximate surface area is 205 Å². The summed E-state index contributed by atoms with van der Waals surface area (Å²) >= 11 is 0. The molecule has 184 valence electrons. The van der Waals surface area contributed by atoms with Gasteiger partial charge in [-0.25, -0.2) is 17.5 Å². The minimum Gasteiger partial charge on any atom is -0.449 e. The molecule has 1 atom stereocenters. The fourth-order valence-electron chi connectivity index (χ4n) is 4.13. The standard InChI is InChI=1S/C26H29N3O5S/c1-18(25(30)27-23-12-8-10-19-9-4-5-11-21(19)23)34-26(31)22-17-20(35(32,33)28(2)3)13-14-24(22)29-15-6-7-16-29/h4-5,8-14,17-18H,6-7,15-16H2,1-3H3,(H,27,30). The lowest BCUT2D eigenvalue weighted by molar-refractivity contribution is -0.123. The van der Waals surface area contributed by atoms with Gasteiger partial charge >= 0.3 is 5.97 Å². The number of benzene rings is 3. The second-order valence-electron chi connectivity index (χ2n) is 8.72. The van der Waals surface area contributed by atoms with Gasteiger partial charge in [0.15, 0.2) is 6.10 Å². The summed E-state index contributed by atoms with van der Waals surface area (Å²) in [6.45, 7) is 3.02. The summed E-state index contributed by atoms with van der Waals surface area (Å²) in [5.74, 6) is -1.22. The highest BCUT2D eigenvalue weighted by atomic mass is 32.2. The van der Waals surface area contributed by atoms with Crippen LogP contribution in [0.15, 0.2) is 65.6 Å². The minimum atomic E-state index is -3.75. The molecule has 1 fully saturated rings. The van der Waals surface area contributed by atoms with Crippen LogP contribution in [0, 0.1) is 0 Å². The molecular formula is C26H29N3O5S. The van der Waals surface area contributed by atoms with Crippen LogP contribution in [0.2, 0.25) is 0 Å². The first-order chi connectivity index (χ1) is 16.7. The van der Waals surface area contributed by atoms with Gasteiger partial charge in [0.2, 0.25) is 10.0 Å². The maximum absolute atomic E-state index is 13.2. The predicted molar refractivity (Wildman–Crippen MR) is 136 cm³/mol. The number of hydrogen-bond acceptors (Lipinski definition) is 6. The van der Waals surface area contributed by atoms with E-state index in [2.05, 4.69) is 5.32 Å². The number of nitrogens with one attached hydrogen (secondary N) is 1. The summed E-state index contributed by atoms with van der Waals surface area (Å²) in [5, 5.41) is 4.68. The number of esters is 1. The largest absolute Gasteiger partial charge is 0.449 e. The van der Waals surface area contributed by atoms with E-state index in [-0.39, 0.29) is 10.5 Å². The Morgan fingerprint density at radius 2 is 1.69 bits per heavy atom. The van der Waals surface area contributed by atoms with Crippen molar-refractivity contribution >= 4 is 44.0 Å². The summed E-state index contributed by atoms with van der Waals surface area (Å²) in [6, 6.07) is 17.7. The van der Waals surface area contributed by atoms with Crippen LogP contribution in [0.4, 0.5) is 11.4 Å². The molecule has 35 heavy (non-hydrogen) atoms. The summed E-state index contributed by atoms with van der Waals surface area (Å²) in [5.41, 5.74) is 1.35. The molecule has 0 radical (unpaired) electrons. The van der Waals surface area contributed by atoms with Gasteiger partial charge in [0.05, 0.1) is 16.1 Å². The lowest BCUT2D eigenvalue weighted by Gasteiger charge is -2.23. The molecule has 0 spiro atoms. The number of hydrogen-bond donors (Lipinski definition) is 1. The quantitative estimate of drug-likeness (QED) is 0.500. The van der Waals surface area contributed by atoms with Gasteiger partial charge in [0.25, 0.3) is 5.91 Å². The summed E-state index contributed by atoms with van der Waals surface area (Å²) in [4.78, 5) is 28.1. The Morgan fingerprint density at radius 1 is 1.00 bits per heavy atom. The van der Waals surface area contributed by atoms with Gasteiger partial charge in [-0.15, -0.1) is 0 Å². The first-order valence-electron chi connectivity index (χ1n) is 11.5. The van der Waals surface area contributed by atoms with Crippen LogP contribution in [-0.4, -0.2) is 57.9 Å². The maximum atomic E-state index is 13.2. The van der Waals surface area contributed by atoms with Crippen LogP contribution >= 0.6 is 0 Å². The van der Waals surface area contributed by atoms with Crippen LogP contribution in [0.5, 0.6) is 0 Å². The molecule has 0 bridgehead atoms. The van der Waals surface area contributed by atoms with Crippen molar-refractivity contribution in [1.29, 1.82) is 0 Å². The second kappa shape index (κ2) is 10.1. The molecule has 1 heterocycles. The number of carbonyl (C=O) groups is 2. The Hall–Kier alpha value is -3.43. The molecule has 9 heteroatoms. The molecule has 8 nitrogen and oxygen atoms in total. The van der Waals surface area contributed by atoms with Crippen LogP contribution in [0.25, 0.3) is 10.8 Å². The van der Waals surface area contributed by atoms with Gasteiger partial charge in [-0.1, -0.05) is 36.4 Å². The normalized spacial score (nSPS) is 14.8. The van der Waals surface area contributed by atoms with E-state index >= 15 is 0 Å². The number of rotatable bonds is 7. The van der Waals surface area contributed by atoms with Crippen molar-refractivity contribution in [2.45, 2.75) is 30.8 Å². The highest BCUT2D eigenvalue weighted by Gasteiger charge is 2.27. The fraction of sp³-hybridized carbons (Fsp3) is 0.308. The Morgan fingerprint density at radius 3 is 2.40 bits per heavy atom. The summed E-state index contributed by atoms with van der Waals surface area (Å²) in [7, 11) is -0.888. The molecule has 1 aliphatic heterocycles. The summed E-state index contributed by atoms with van der Waals surface area (Å²) in [6.07, 6.45) is 0.869. The number of carbonyl (C=O) groups excluding carboxylic acids is 2. The predicted octanol–water partition coefficient (Wildman–Crippen LogP) is 3.87. The fourth-order valence-corrected chi connectivity index (χ4v) is 5.06. The van der Waals surface area contributed by atoms with Gasteiger partial charge in [-0.05, 0) is 49.4 Å². The Kier molecular flexibility index (Phi) is 7.09. The van der Waals surface area contributed by atoms with E-state index in [0.29, 0.717) is 11.4 Å². The third-order valence-corrected chi connectivity index (χ3v) is 7.92. The first kappa shape index (κ1) is 24.7. The molecule has 3 aromatic rings. The molecule has 4 rings (SSSR count). The van der Waals surface area contributed by atoms with Crippen LogP contribution in [-0.2, 0) is 19.6 Å². The van der Waals surface area contributed by atoms with Crippen molar-refractivity contribution in [2.75, 3.05) is 37.4 Å². The van der Waals surface area contributed by atoms with Crippen LogP contribution in [0.3, 0.4) is 0 Å². The Balaban J connectivity index is 1.58. The topological polar surface area (TPSA) is 96.0 Å². The lowest BCUT2D eigenvalue weighted by atomic mass is 10.1. The monoisotopic (exact) mass is 495 g/mol. The van der Waals surface area contributed by atoms with Crippen molar-refractivity contribution in [2.24, 2.45) is 0 Å². The van der Waals surface area contributed by atoms with E-state index in [1.165, 1.54) is 33.2 Å². The van der Waals surface area contributed by atoms with Crippen molar-refractivity contribution in [3.63, 3.8) is 0 Å². The van der Waals surface area contributed by atoms with Gasteiger partial charge in [0, 0.05) is 38.3 Å².